The van der Waals surface area contributed by atoms with E-state index in [2.05, 4.69) is 20.4 Å². The molecule has 0 saturated heterocycles. The molecule has 2 aromatic rings. The van der Waals surface area contributed by atoms with E-state index in [1.54, 1.807) is 13.1 Å². The van der Waals surface area contributed by atoms with E-state index in [1.165, 1.54) is 0 Å². The summed E-state index contributed by atoms with van der Waals surface area (Å²) in [7, 11) is 0. The molecule has 2 aromatic heterocycles. The molecular weight excluding hydrogens is 242 g/mol. The summed E-state index contributed by atoms with van der Waals surface area (Å²) in [5.74, 6) is 7.16. The van der Waals surface area contributed by atoms with Crippen molar-refractivity contribution < 1.29 is 4.74 Å². The van der Waals surface area contributed by atoms with Crippen LogP contribution in [0.1, 0.15) is 17.1 Å². The maximum Gasteiger partial charge on any atom is 0.221 e. The van der Waals surface area contributed by atoms with E-state index in [0.717, 1.165) is 17.7 Å². The molecule has 0 unspecified atom stereocenters. The minimum atomic E-state index is 0.512. The zero-order chi connectivity index (χ0) is 13.7. The number of aryl methyl sites for hydroxylation is 1. The highest BCUT2D eigenvalue weighted by molar-refractivity contribution is 5.47. The van der Waals surface area contributed by atoms with Gasteiger partial charge in [0.15, 0.2) is 0 Å². The number of hydrogen-bond acceptors (Lipinski definition) is 6. The van der Waals surface area contributed by atoms with E-state index in [4.69, 9.17) is 10.6 Å². The summed E-state index contributed by atoms with van der Waals surface area (Å²) in [6, 6.07) is 5.81. The van der Waals surface area contributed by atoms with Gasteiger partial charge in [0.1, 0.15) is 11.6 Å². The monoisotopic (exact) mass is 259 g/mol. The number of nitrogens with zero attached hydrogens (tertiary/aromatic N) is 3. The number of ether oxygens (including phenoxy) is 1. The van der Waals surface area contributed by atoms with Gasteiger partial charge in [-0.3, -0.25) is 4.98 Å². The van der Waals surface area contributed by atoms with Gasteiger partial charge in [-0.1, -0.05) is 6.07 Å². The molecule has 0 aliphatic carbocycles. The van der Waals surface area contributed by atoms with Crippen molar-refractivity contribution in [3.8, 4) is 5.88 Å². The number of nitrogen functional groups attached to an aromatic ring is 1. The van der Waals surface area contributed by atoms with Crippen molar-refractivity contribution in [1.82, 2.24) is 15.0 Å². The second-order valence-electron chi connectivity index (χ2n) is 4.11. The van der Waals surface area contributed by atoms with Crippen molar-refractivity contribution in [2.24, 2.45) is 5.84 Å². The lowest BCUT2D eigenvalue weighted by Crippen LogP contribution is -2.13. The van der Waals surface area contributed by atoms with Gasteiger partial charge in [0.25, 0.3) is 0 Å². The fourth-order valence-corrected chi connectivity index (χ4v) is 1.68. The molecule has 100 valence electrons. The molecule has 0 amide bonds. The van der Waals surface area contributed by atoms with Gasteiger partial charge >= 0.3 is 0 Å². The first-order valence-electron chi connectivity index (χ1n) is 6.05. The Labute approximate surface area is 112 Å². The third kappa shape index (κ3) is 3.38. The van der Waals surface area contributed by atoms with Crippen LogP contribution in [-0.2, 0) is 6.42 Å². The van der Waals surface area contributed by atoms with Crippen molar-refractivity contribution in [3.63, 3.8) is 0 Å². The topological polar surface area (TPSA) is 86.0 Å². The maximum atomic E-state index is 5.68. The summed E-state index contributed by atoms with van der Waals surface area (Å²) in [5.41, 5.74) is 4.33. The number of hydrogen-bond donors (Lipinski definition) is 2. The Balaban J connectivity index is 2.02. The summed E-state index contributed by atoms with van der Waals surface area (Å²) in [4.78, 5) is 12.7. The predicted octanol–water partition coefficient (Wildman–Crippen LogP) is 1.40. The molecule has 19 heavy (non-hydrogen) atoms. The van der Waals surface area contributed by atoms with Crippen LogP contribution in [0.5, 0.6) is 5.88 Å². The van der Waals surface area contributed by atoms with Gasteiger partial charge in [-0.05, 0) is 26.0 Å². The molecule has 0 radical (unpaired) electrons. The molecule has 6 nitrogen and oxygen atoms in total. The van der Waals surface area contributed by atoms with E-state index < -0.39 is 0 Å². The number of rotatable bonds is 5. The van der Waals surface area contributed by atoms with Crippen LogP contribution in [-0.4, -0.2) is 21.6 Å². The van der Waals surface area contributed by atoms with Crippen molar-refractivity contribution in [2.45, 2.75) is 20.3 Å². The van der Waals surface area contributed by atoms with Crippen molar-refractivity contribution in [2.75, 3.05) is 12.0 Å². The Morgan fingerprint density at radius 3 is 2.79 bits per heavy atom. The van der Waals surface area contributed by atoms with E-state index in [-0.39, 0.29) is 0 Å². The molecule has 2 heterocycles. The van der Waals surface area contributed by atoms with Crippen LogP contribution in [0.15, 0.2) is 24.4 Å². The third-order valence-electron chi connectivity index (χ3n) is 2.67. The lowest BCUT2D eigenvalue weighted by atomic mass is 10.3. The van der Waals surface area contributed by atoms with Gasteiger partial charge in [0.2, 0.25) is 5.88 Å². The number of anilines is 1. The molecular formula is C13H17N5O. The molecule has 0 saturated carbocycles. The highest BCUT2D eigenvalue weighted by Crippen LogP contribution is 2.21. The summed E-state index contributed by atoms with van der Waals surface area (Å²) in [5, 5.41) is 0. The number of hydrazine groups is 1. The first kappa shape index (κ1) is 13.2. The van der Waals surface area contributed by atoms with Crippen LogP contribution in [0.3, 0.4) is 0 Å². The number of aromatic nitrogens is 3. The van der Waals surface area contributed by atoms with Gasteiger partial charge in [-0.2, -0.15) is 4.98 Å². The number of nitrogens with one attached hydrogen (secondary N) is 1. The standard InChI is InChI=1S/C13H17N5O/c1-9-12(18-14)16-10(2)17-13(9)19-8-6-11-5-3-4-7-15-11/h3-5,7H,6,8,14H2,1-2H3,(H,16,17,18). The van der Waals surface area contributed by atoms with Gasteiger partial charge < -0.3 is 10.2 Å². The maximum absolute atomic E-state index is 5.68. The SMILES string of the molecule is Cc1nc(NN)c(C)c(OCCc2ccccn2)n1. The molecule has 0 aliphatic heterocycles. The largest absolute Gasteiger partial charge is 0.477 e. The lowest BCUT2D eigenvalue weighted by molar-refractivity contribution is 0.305. The van der Waals surface area contributed by atoms with Crippen LogP contribution in [0, 0.1) is 13.8 Å². The zero-order valence-corrected chi connectivity index (χ0v) is 11.1. The van der Waals surface area contributed by atoms with Crippen LogP contribution in [0.2, 0.25) is 0 Å². The van der Waals surface area contributed by atoms with Gasteiger partial charge in [0, 0.05) is 18.3 Å². The average Bonchev–Trinajstić information content (AvgIpc) is 2.43. The summed E-state index contributed by atoms with van der Waals surface area (Å²) < 4.78 is 5.68. The molecule has 0 fully saturated rings. The normalized spacial score (nSPS) is 10.3. The molecule has 0 aromatic carbocycles. The highest BCUT2D eigenvalue weighted by Gasteiger charge is 2.09. The van der Waals surface area contributed by atoms with E-state index in [9.17, 15) is 0 Å². The quantitative estimate of drug-likeness (QED) is 0.623. The smallest absolute Gasteiger partial charge is 0.221 e. The van der Waals surface area contributed by atoms with Crippen molar-refractivity contribution in [3.05, 3.63) is 41.5 Å². The second-order valence-corrected chi connectivity index (χ2v) is 4.11. The second kappa shape index (κ2) is 6.10. The zero-order valence-electron chi connectivity index (χ0n) is 11.1. The average molecular weight is 259 g/mol. The minimum absolute atomic E-state index is 0.512. The van der Waals surface area contributed by atoms with Gasteiger partial charge in [-0.25, -0.2) is 10.8 Å². The molecule has 2 rings (SSSR count). The minimum Gasteiger partial charge on any atom is -0.477 e. The van der Waals surface area contributed by atoms with E-state index in [0.29, 0.717) is 24.1 Å². The molecule has 0 bridgehead atoms. The molecule has 0 aliphatic rings. The van der Waals surface area contributed by atoms with Gasteiger partial charge in [0.05, 0.1) is 12.2 Å². The molecule has 3 N–H and O–H groups in total. The Morgan fingerprint density at radius 2 is 2.11 bits per heavy atom. The van der Waals surface area contributed by atoms with Crippen molar-refractivity contribution in [1.29, 1.82) is 0 Å². The van der Waals surface area contributed by atoms with Gasteiger partial charge in [-0.15, -0.1) is 0 Å². The Morgan fingerprint density at radius 1 is 1.26 bits per heavy atom. The summed E-state index contributed by atoms with van der Waals surface area (Å²) in [6.07, 6.45) is 2.50. The summed E-state index contributed by atoms with van der Waals surface area (Å²) >= 11 is 0. The van der Waals surface area contributed by atoms with Crippen LogP contribution < -0.4 is 16.0 Å². The molecule has 6 heteroatoms. The predicted molar refractivity (Wildman–Crippen MR) is 72.8 cm³/mol. The first-order valence-corrected chi connectivity index (χ1v) is 6.05. The Bertz CT molecular complexity index is 544. The number of nitrogens with two attached hydrogens (primary N) is 1. The Hall–Kier alpha value is -2.21. The van der Waals surface area contributed by atoms with E-state index in [1.807, 2.05) is 25.1 Å². The first-order chi connectivity index (χ1) is 9.20. The molecule has 0 atom stereocenters. The van der Waals surface area contributed by atoms with Crippen LogP contribution >= 0.6 is 0 Å². The summed E-state index contributed by atoms with van der Waals surface area (Å²) in [6.45, 7) is 4.18. The van der Waals surface area contributed by atoms with Crippen LogP contribution in [0.25, 0.3) is 0 Å². The fourth-order valence-electron chi connectivity index (χ4n) is 1.68. The van der Waals surface area contributed by atoms with Crippen molar-refractivity contribution >= 4 is 5.82 Å². The fraction of sp³-hybridized carbons (Fsp3) is 0.308. The number of pyridine rings is 1. The molecule has 0 spiro atoms. The van der Waals surface area contributed by atoms with E-state index >= 15 is 0 Å². The highest BCUT2D eigenvalue weighted by atomic mass is 16.5. The lowest BCUT2D eigenvalue weighted by Gasteiger charge is -2.11. The Kier molecular flexibility index (Phi) is 4.25. The van der Waals surface area contributed by atoms with Crippen LogP contribution in [0.4, 0.5) is 5.82 Å². The third-order valence-corrected chi connectivity index (χ3v) is 2.67.